The van der Waals surface area contributed by atoms with Crippen molar-refractivity contribution in [1.29, 1.82) is 0 Å². The zero-order valence-corrected chi connectivity index (χ0v) is 21.3. The summed E-state index contributed by atoms with van der Waals surface area (Å²) in [6.45, 7) is 7.66. The van der Waals surface area contributed by atoms with Crippen LogP contribution >= 0.6 is 24.0 Å². The molecule has 7 nitrogen and oxygen atoms in total. The summed E-state index contributed by atoms with van der Waals surface area (Å²) in [6.07, 6.45) is 4.73. The summed E-state index contributed by atoms with van der Waals surface area (Å²) < 4.78 is 10.9. The maximum atomic E-state index is 5.53. The van der Waals surface area contributed by atoms with Crippen LogP contribution in [0.4, 0.5) is 0 Å². The fourth-order valence-electron chi connectivity index (χ4n) is 3.79. The van der Waals surface area contributed by atoms with Gasteiger partial charge >= 0.3 is 0 Å². The fourth-order valence-corrected chi connectivity index (χ4v) is 3.79. The molecule has 0 spiro atoms. The number of aryl methyl sites for hydroxylation is 1. The Morgan fingerprint density at radius 1 is 1.10 bits per heavy atom. The van der Waals surface area contributed by atoms with Gasteiger partial charge in [-0.1, -0.05) is 0 Å². The van der Waals surface area contributed by atoms with Gasteiger partial charge in [-0.25, -0.2) is 0 Å². The van der Waals surface area contributed by atoms with Crippen LogP contribution in [0.1, 0.15) is 16.7 Å². The molecule has 0 radical (unpaired) electrons. The van der Waals surface area contributed by atoms with E-state index >= 15 is 0 Å². The Labute approximate surface area is 202 Å². The maximum absolute atomic E-state index is 5.53. The first-order valence-electron chi connectivity index (χ1n) is 10.4. The zero-order chi connectivity index (χ0) is 21.3. The third-order valence-electron chi connectivity index (χ3n) is 5.58. The van der Waals surface area contributed by atoms with Crippen molar-refractivity contribution in [2.75, 3.05) is 54.0 Å². The molecule has 1 saturated heterocycles. The van der Waals surface area contributed by atoms with Gasteiger partial charge in [-0.2, -0.15) is 0 Å². The van der Waals surface area contributed by atoms with Crippen LogP contribution in [0.5, 0.6) is 11.5 Å². The van der Waals surface area contributed by atoms with Crippen molar-refractivity contribution in [3.63, 3.8) is 0 Å². The van der Waals surface area contributed by atoms with Crippen LogP contribution in [0.25, 0.3) is 0 Å². The lowest BCUT2D eigenvalue weighted by Crippen LogP contribution is -2.52. The minimum Gasteiger partial charge on any atom is -0.497 e. The van der Waals surface area contributed by atoms with Crippen LogP contribution < -0.4 is 14.8 Å². The number of methoxy groups -OCH3 is 2. The molecular weight excluding hydrogens is 505 g/mol. The number of pyridine rings is 1. The van der Waals surface area contributed by atoms with Crippen LogP contribution in [-0.2, 0) is 13.0 Å². The number of aromatic nitrogens is 1. The van der Waals surface area contributed by atoms with Crippen molar-refractivity contribution in [2.24, 2.45) is 4.99 Å². The van der Waals surface area contributed by atoms with E-state index < -0.39 is 0 Å². The van der Waals surface area contributed by atoms with E-state index in [4.69, 9.17) is 9.47 Å². The summed E-state index contributed by atoms with van der Waals surface area (Å²) in [5, 5.41) is 3.51. The number of rotatable bonds is 7. The molecule has 1 aromatic carbocycles. The van der Waals surface area contributed by atoms with Crippen LogP contribution in [-0.4, -0.2) is 74.7 Å². The molecule has 170 valence electrons. The molecule has 2 aromatic rings. The summed E-state index contributed by atoms with van der Waals surface area (Å²) in [4.78, 5) is 13.4. The number of halogens is 1. The first-order chi connectivity index (χ1) is 14.6. The monoisotopic (exact) mass is 539 g/mol. The van der Waals surface area contributed by atoms with E-state index in [1.165, 1.54) is 11.1 Å². The number of aliphatic imine (C=N–C) groups is 1. The summed E-state index contributed by atoms with van der Waals surface area (Å²) in [5.74, 6) is 2.74. The van der Waals surface area contributed by atoms with Gasteiger partial charge in [0.2, 0.25) is 0 Å². The van der Waals surface area contributed by atoms with E-state index in [0.717, 1.165) is 68.7 Å². The highest BCUT2D eigenvalue weighted by Gasteiger charge is 2.20. The van der Waals surface area contributed by atoms with Crippen molar-refractivity contribution in [2.45, 2.75) is 19.9 Å². The van der Waals surface area contributed by atoms with Gasteiger partial charge in [0.25, 0.3) is 0 Å². The van der Waals surface area contributed by atoms with Crippen molar-refractivity contribution in [3.05, 3.63) is 53.3 Å². The standard InChI is InChI=1S/C23H33N5O2.HI/c1-18-16-25-9-7-19(18)8-10-26-23(24-2)28-13-11-27(12-14-28)17-20-15-21(29-3)5-6-22(20)30-4;/h5-7,9,15-16H,8,10-14,17H2,1-4H3,(H,24,26);1H. The number of piperazine rings is 1. The number of guanidine groups is 1. The average molecular weight is 539 g/mol. The lowest BCUT2D eigenvalue weighted by molar-refractivity contribution is 0.171. The van der Waals surface area contributed by atoms with Crippen LogP contribution in [0.15, 0.2) is 41.7 Å². The third kappa shape index (κ3) is 6.96. The highest BCUT2D eigenvalue weighted by molar-refractivity contribution is 14.0. The summed E-state index contributed by atoms with van der Waals surface area (Å²) in [7, 11) is 5.26. The maximum Gasteiger partial charge on any atom is 0.193 e. The predicted molar refractivity (Wildman–Crippen MR) is 136 cm³/mol. The van der Waals surface area contributed by atoms with E-state index in [1.54, 1.807) is 14.2 Å². The molecule has 0 saturated carbocycles. The fraction of sp³-hybridized carbons (Fsp3) is 0.478. The molecule has 1 aromatic heterocycles. The Hall–Kier alpha value is -2.07. The van der Waals surface area contributed by atoms with Crippen LogP contribution in [0.2, 0.25) is 0 Å². The highest BCUT2D eigenvalue weighted by Crippen LogP contribution is 2.25. The van der Waals surface area contributed by atoms with Crippen molar-refractivity contribution in [3.8, 4) is 11.5 Å². The molecule has 1 fully saturated rings. The minimum atomic E-state index is 0. The number of nitrogens with one attached hydrogen (secondary N) is 1. The second kappa shape index (κ2) is 12.7. The molecule has 2 heterocycles. The Morgan fingerprint density at radius 3 is 2.52 bits per heavy atom. The molecule has 0 aliphatic carbocycles. The van der Waals surface area contributed by atoms with Crippen molar-refractivity contribution in [1.82, 2.24) is 20.1 Å². The number of hydrogen-bond donors (Lipinski definition) is 1. The largest absolute Gasteiger partial charge is 0.497 e. The average Bonchev–Trinajstić information content (AvgIpc) is 2.78. The highest BCUT2D eigenvalue weighted by atomic mass is 127. The van der Waals surface area contributed by atoms with Gasteiger partial charge < -0.3 is 19.7 Å². The number of hydrogen-bond acceptors (Lipinski definition) is 5. The molecule has 8 heteroatoms. The lowest BCUT2D eigenvalue weighted by atomic mass is 10.1. The molecule has 0 unspecified atom stereocenters. The minimum absolute atomic E-state index is 0. The molecule has 1 aliphatic heterocycles. The van der Waals surface area contributed by atoms with Gasteiger partial charge in [0.15, 0.2) is 5.96 Å². The van der Waals surface area contributed by atoms with Gasteiger partial charge in [-0.3, -0.25) is 14.9 Å². The molecule has 1 N–H and O–H groups in total. The zero-order valence-electron chi connectivity index (χ0n) is 18.9. The Bertz CT molecular complexity index is 854. The summed E-state index contributed by atoms with van der Waals surface area (Å²) in [6, 6.07) is 8.06. The summed E-state index contributed by atoms with van der Waals surface area (Å²) >= 11 is 0. The predicted octanol–water partition coefficient (Wildman–Crippen LogP) is 2.96. The van der Waals surface area contributed by atoms with E-state index in [2.05, 4.69) is 44.1 Å². The Morgan fingerprint density at radius 2 is 1.87 bits per heavy atom. The first-order valence-corrected chi connectivity index (χ1v) is 10.4. The normalized spacial score (nSPS) is 14.7. The van der Waals surface area contributed by atoms with Gasteiger partial charge in [-0.05, 0) is 48.7 Å². The van der Waals surface area contributed by atoms with Gasteiger partial charge in [0.1, 0.15) is 11.5 Å². The quantitative estimate of drug-likeness (QED) is 0.332. The second-order valence-corrected chi connectivity index (χ2v) is 7.47. The first kappa shape index (κ1) is 25.2. The van der Waals surface area contributed by atoms with E-state index in [1.807, 2.05) is 31.6 Å². The topological polar surface area (TPSA) is 62.2 Å². The summed E-state index contributed by atoms with van der Waals surface area (Å²) in [5.41, 5.74) is 3.71. The number of nitrogens with zero attached hydrogens (tertiary/aromatic N) is 4. The van der Waals surface area contributed by atoms with E-state index in [9.17, 15) is 0 Å². The van der Waals surface area contributed by atoms with Gasteiger partial charge in [0, 0.05) is 64.3 Å². The molecule has 0 amide bonds. The molecule has 3 rings (SSSR count). The second-order valence-electron chi connectivity index (χ2n) is 7.47. The molecular formula is C23H34IN5O2. The Balaban J connectivity index is 0.00000341. The van der Waals surface area contributed by atoms with Crippen LogP contribution in [0.3, 0.4) is 0 Å². The van der Waals surface area contributed by atoms with Gasteiger partial charge in [0.05, 0.1) is 14.2 Å². The van der Waals surface area contributed by atoms with Crippen molar-refractivity contribution < 1.29 is 9.47 Å². The van der Waals surface area contributed by atoms with E-state index in [-0.39, 0.29) is 24.0 Å². The van der Waals surface area contributed by atoms with Gasteiger partial charge in [-0.15, -0.1) is 24.0 Å². The molecule has 1 aliphatic rings. The SMILES string of the molecule is CN=C(NCCc1ccncc1C)N1CCN(Cc2cc(OC)ccc2OC)CC1.I. The van der Waals surface area contributed by atoms with Crippen molar-refractivity contribution >= 4 is 29.9 Å². The number of benzene rings is 1. The molecule has 0 atom stereocenters. The van der Waals surface area contributed by atoms with E-state index in [0.29, 0.717) is 0 Å². The van der Waals surface area contributed by atoms with Crippen LogP contribution in [0, 0.1) is 6.92 Å². The third-order valence-corrected chi connectivity index (χ3v) is 5.58. The number of ether oxygens (including phenoxy) is 2. The molecule has 31 heavy (non-hydrogen) atoms. The Kier molecular flexibility index (Phi) is 10.3. The molecule has 0 bridgehead atoms. The smallest absolute Gasteiger partial charge is 0.193 e. The lowest BCUT2D eigenvalue weighted by Gasteiger charge is -2.36.